The molecule has 1 aliphatic rings. The summed E-state index contributed by atoms with van der Waals surface area (Å²) in [5.41, 5.74) is 0. The molecular weight excluding hydrogens is 357 g/mol. The average Bonchev–Trinajstić information content (AvgIpc) is 2.61. The molecule has 0 aromatic heterocycles. The molecule has 1 fully saturated rings. The van der Waals surface area contributed by atoms with Crippen LogP contribution in [0.1, 0.15) is 27.7 Å². The van der Waals surface area contributed by atoms with E-state index in [1.54, 1.807) is 0 Å². The average molecular weight is 385 g/mol. The van der Waals surface area contributed by atoms with Crippen molar-refractivity contribution in [3.63, 3.8) is 0 Å². The van der Waals surface area contributed by atoms with Crippen LogP contribution >= 0.6 is 7.82 Å². The highest BCUT2D eigenvalue weighted by Gasteiger charge is 2.50. The fraction of sp³-hybridized carbons (Fsp3) is 0.923. The predicted octanol–water partition coefficient (Wildman–Crippen LogP) is 0.708. The Kier molecular flexibility index (Phi) is 6.79. The number of amides is 1. The lowest BCUT2D eigenvalue weighted by Gasteiger charge is -2.40. The number of hydrogen-bond donors (Lipinski definition) is 4. The van der Waals surface area contributed by atoms with Crippen molar-refractivity contribution in [1.29, 1.82) is 0 Å². The number of hydrogen-bond acceptors (Lipinski definition) is 6. The number of nitrogens with one attached hydrogen (secondary N) is 1. The highest BCUT2D eigenvalue weighted by molar-refractivity contribution is 7.46. The highest BCUT2D eigenvalue weighted by Crippen LogP contribution is 2.41. The van der Waals surface area contributed by atoms with Crippen molar-refractivity contribution in [2.24, 2.45) is 0 Å². The van der Waals surface area contributed by atoms with Crippen LogP contribution in [-0.4, -0.2) is 60.3 Å². The summed E-state index contributed by atoms with van der Waals surface area (Å²) >= 11 is 0. The van der Waals surface area contributed by atoms with Gasteiger partial charge in [0.15, 0.2) is 14.6 Å². The molecule has 1 unspecified atom stereocenters. The summed E-state index contributed by atoms with van der Waals surface area (Å²) in [6, 6.07) is -0.845. The molecule has 1 aliphatic heterocycles. The standard InChI is InChI=1S/C13H28NO8PSi/c1-8(15)14-10-11(22-24(5,6)13(2,3)4)9(21-12(10)16)7-20-23(17,18)19/h9-12,16H,7H2,1-6H3,(H,14,15)(H2,17,18,19)/t9-,10+,11?,12-/m1/s1. The first-order chi connectivity index (χ1) is 10.6. The Labute approximate surface area is 143 Å². The van der Waals surface area contributed by atoms with E-state index in [0.717, 1.165) is 0 Å². The molecule has 4 N–H and O–H groups in total. The first kappa shape index (κ1) is 21.7. The van der Waals surface area contributed by atoms with Crippen LogP contribution in [0.4, 0.5) is 0 Å². The first-order valence-corrected chi connectivity index (χ1v) is 12.1. The van der Waals surface area contributed by atoms with Gasteiger partial charge in [0, 0.05) is 6.92 Å². The van der Waals surface area contributed by atoms with Crippen LogP contribution in [0.15, 0.2) is 0 Å². The summed E-state index contributed by atoms with van der Waals surface area (Å²) in [7, 11) is -6.99. The lowest BCUT2D eigenvalue weighted by Crippen LogP contribution is -2.54. The molecule has 0 aliphatic carbocycles. The van der Waals surface area contributed by atoms with Gasteiger partial charge in [0.1, 0.15) is 12.1 Å². The second-order valence-corrected chi connectivity index (χ2v) is 13.4. The smallest absolute Gasteiger partial charge is 0.409 e. The second kappa shape index (κ2) is 7.51. The van der Waals surface area contributed by atoms with Gasteiger partial charge in [-0.05, 0) is 18.1 Å². The van der Waals surface area contributed by atoms with Crippen molar-refractivity contribution in [2.75, 3.05) is 6.61 Å². The Hall–Kier alpha value is -0.323. The summed E-state index contributed by atoms with van der Waals surface area (Å²) in [4.78, 5) is 29.1. The van der Waals surface area contributed by atoms with Gasteiger partial charge in [-0.3, -0.25) is 9.32 Å². The fourth-order valence-corrected chi connectivity index (χ4v) is 3.77. The molecule has 0 saturated carbocycles. The van der Waals surface area contributed by atoms with Crippen LogP contribution in [0.25, 0.3) is 0 Å². The minimum absolute atomic E-state index is 0.143. The molecular formula is C13H28NO8PSi. The van der Waals surface area contributed by atoms with Crippen LogP contribution in [0.2, 0.25) is 18.1 Å². The first-order valence-electron chi connectivity index (χ1n) is 7.62. The van der Waals surface area contributed by atoms with Gasteiger partial charge in [-0.15, -0.1) is 0 Å². The number of aliphatic hydroxyl groups is 1. The number of carbonyl (C=O) groups is 1. The van der Waals surface area contributed by atoms with Gasteiger partial charge in [0.25, 0.3) is 0 Å². The zero-order valence-corrected chi connectivity index (χ0v) is 16.7. The third-order valence-corrected chi connectivity index (χ3v) is 9.31. The molecule has 24 heavy (non-hydrogen) atoms. The van der Waals surface area contributed by atoms with E-state index >= 15 is 0 Å². The molecule has 1 saturated heterocycles. The van der Waals surface area contributed by atoms with E-state index in [9.17, 15) is 14.5 Å². The molecule has 0 bridgehead atoms. The minimum atomic E-state index is -4.69. The fourth-order valence-electron chi connectivity index (χ4n) is 2.09. The largest absolute Gasteiger partial charge is 0.469 e. The van der Waals surface area contributed by atoms with Crippen LogP contribution in [0.5, 0.6) is 0 Å². The van der Waals surface area contributed by atoms with Crippen LogP contribution < -0.4 is 5.32 Å². The Balaban J connectivity index is 3.01. The molecule has 9 nitrogen and oxygen atoms in total. The summed E-state index contributed by atoms with van der Waals surface area (Å²) < 4.78 is 27.0. The van der Waals surface area contributed by atoms with Gasteiger partial charge in [0.05, 0.1) is 12.7 Å². The topological polar surface area (TPSA) is 135 Å². The van der Waals surface area contributed by atoms with Crippen molar-refractivity contribution in [3.05, 3.63) is 0 Å². The second-order valence-electron chi connectivity index (χ2n) is 7.42. The van der Waals surface area contributed by atoms with E-state index in [1.807, 2.05) is 33.9 Å². The molecule has 1 amide bonds. The number of carbonyl (C=O) groups excluding carboxylic acids is 1. The van der Waals surface area contributed by atoms with Crippen LogP contribution in [-0.2, 0) is 23.0 Å². The van der Waals surface area contributed by atoms with Gasteiger partial charge >= 0.3 is 7.82 Å². The SMILES string of the molecule is CC(=O)N[C@H]1C(O[Si](C)(C)C(C)(C)C)[C@@H](COP(=O)(O)O)O[C@H]1O. The van der Waals surface area contributed by atoms with Gasteiger partial charge in [-0.2, -0.15) is 0 Å². The Morgan fingerprint density at radius 2 is 1.88 bits per heavy atom. The Bertz CT molecular complexity index is 503. The molecule has 1 heterocycles. The van der Waals surface area contributed by atoms with Gasteiger partial charge in [0.2, 0.25) is 5.91 Å². The van der Waals surface area contributed by atoms with E-state index in [2.05, 4.69) is 9.84 Å². The van der Waals surface area contributed by atoms with E-state index in [4.69, 9.17) is 18.9 Å². The zero-order chi connectivity index (χ0) is 18.9. The molecule has 1 rings (SSSR count). The third-order valence-electron chi connectivity index (χ3n) is 4.36. The Morgan fingerprint density at radius 3 is 2.29 bits per heavy atom. The monoisotopic (exact) mass is 385 g/mol. The molecule has 0 spiro atoms. The quantitative estimate of drug-likeness (QED) is 0.388. The van der Waals surface area contributed by atoms with Crippen LogP contribution in [0.3, 0.4) is 0 Å². The highest BCUT2D eigenvalue weighted by atomic mass is 31.2. The Morgan fingerprint density at radius 1 is 1.33 bits per heavy atom. The maximum atomic E-state index is 11.4. The van der Waals surface area contributed by atoms with Gasteiger partial charge in [-0.25, -0.2) is 4.57 Å². The molecule has 0 aromatic rings. The molecule has 0 radical (unpaired) electrons. The van der Waals surface area contributed by atoms with Gasteiger partial charge in [-0.1, -0.05) is 20.8 Å². The zero-order valence-electron chi connectivity index (χ0n) is 14.8. The summed E-state index contributed by atoms with van der Waals surface area (Å²) in [6.45, 7) is 10.9. The lowest BCUT2D eigenvalue weighted by atomic mass is 10.1. The van der Waals surface area contributed by atoms with Crippen molar-refractivity contribution < 1.29 is 37.9 Å². The summed E-state index contributed by atoms with van der Waals surface area (Å²) in [5, 5.41) is 12.5. The number of aliphatic hydroxyl groups excluding tert-OH is 1. The van der Waals surface area contributed by atoms with E-state index in [1.165, 1.54) is 6.92 Å². The number of phosphoric ester groups is 1. The number of rotatable bonds is 6. The summed E-state index contributed by atoms with van der Waals surface area (Å²) in [6.07, 6.45) is -3.05. The van der Waals surface area contributed by atoms with E-state index in [-0.39, 0.29) is 10.9 Å². The van der Waals surface area contributed by atoms with Gasteiger partial charge < -0.3 is 29.4 Å². The molecule has 0 aromatic carbocycles. The lowest BCUT2D eigenvalue weighted by molar-refractivity contribution is -0.127. The predicted molar refractivity (Wildman–Crippen MR) is 88.6 cm³/mol. The van der Waals surface area contributed by atoms with Crippen molar-refractivity contribution in [3.8, 4) is 0 Å². The third kappa shape index (κ3) is 5.89. The van der Waals surface area contributed by atoms with E-state index in [0.29, 0.717) is 0 Å². The maximum Gasteiger partial charge on any atom is 0.469 e. The van der Waals surface area contributed by atoms with Crippen molar-refractivity contribution in [2.45, 2.75) is 70.4 Å². The number of phosphoric acid groups is 1. The minimum Gasteiger partial charge on any atom is -0.409 e. The normalized spacial score (nSPS) is 28.9. The number of ether oxygens (including phenoxy) is 1. The maximum absolute atomic E-state index is 11.4. The van der Waals surface area contributed by atoms with Crippen molar-refractivity contribution in [1.82, 2.24) is 5.32 Å². The van der Waals surface area contributed by atoms with Crippen LogP contribution in [0, 0.1) is 0 Å². The molecule has 11 heteroatoms. The van der Waals surface area contributed by atoms with E-state index < -0.39 is 47.3 Å². The molecule has 4 atom stereocenters. The van der Waals surface area contributed by atoms with Crippen molar-refractivity contribution >= 4 is 22.0 Å². The summed E-state index contributed by atoms with van der Waals surface area (Å²) in [5.74, 6) is -0.372. The molecule has 142 valence electrons.